The molecule has 11 heteroatoms. The average molecular weight is 411 g/mol. The van der Waals surface area contributed by atoms with E-state index in [1.54, 1.807) is 24.4 Å². The van der Waals surface area contributed by atoms with Crippen LogP contribution in [-0.2, 0) is 17.9 Å². The van der Waals surface area contributed by atoms with Gasteiger partial charge in [0.05, 0.1) is 24.7 Å². The van der Waals surface area contributed by atoms with Crippen LogP contribution in [0.15, 0.2) is 57.6 Å². The number of benzene rings is 1. The first-order chi connectivity index (χ1) is 14.1. The van der Waals surface area contributed by atoms with Crippen molar-refractivity contribution >= 4 is 28.0 Å². The minimum absolute atomic E-state index is 0.0992. The maximum absolute atomic E-state index is 12.4. The molecule has 29 heavy (non-hydrogen) atoms. The van der Waals surface area contributed by atoms with E-state index in [2.05, 4.69) is 20.8 Å². The molecule has 4 aromatic rings. The van der Waals surface area contributed by atoms with Crippen LogP contribution in [0.2, 0.25) is 0 Å². The standard InChI is InChI=1S/C18H17N7O3S/c26-15(7-9-23-17(27)14-5-2-1-4-13(14)12-20-23)19-8-10-24-18(28)25(22-21-24)16-6-3-11-29-16/h1-6,11-12H,7-10H2,(H,19,26). The number of nitrogens with zero attached hydrogens (tertiary/aromatic N) is 6. The van der Waals surface area contributed by atoms with Crippen molar-refractivity contribution in [3.8, 4) is 5.00 Å². The lowest BCUT2D eigenvalue weighted by Gasteiger charge is -2.07. The number of fused-ring (bicyclic) bond motifs is 1. The van der Waals surface area contributed by atoms with Crippen molar-refractivity contribution in [2.45, 2.75) is 19.5 Å². The first-order valence-corrected chi connectivity index (χ1v) is 9.80. The molecule has 3 heterocycles. The van der Waals surface area contributed by atoms with E-state index in [4.69, 9.17) is 0 Å². The van der Waals surface area contributed by atoms with Gasteiger partial charge in [-0.1, -0.05) is 18.2 Å². The van der Waals surface area contributed by atoms with E-state index in [-0.39, 0.29) is 43.2 Å². The highest BCUT2D eigenvalue weighted by Crippen LogP contribution is 2.10. The van der Waals surface area contributed by atoms with Crippen molar-refractivity contribution in [2.75, 3.05) is 6.54 Å². The van der Waals surface area contributed by atoms with Gasteiger partial charge in [0.15, 0.2) is 0 Å². The smallest absolute Gasteiger partial charge is 0.354 e. The average Bonchev–Trinajstić information content (AvgIpc) is 3.38. The molecular formula is C18H17N7O3S. The lowest BCUT2D eigenvalue weighted by molar-refractivity contribution is -0.121. The summed E-state index contributed by atoms with van der Waals surface area (Å²) in [5.41, 5.74) is -0.596. The van der Waals surface area contributed by atoms with Crippen molar-refractivity contribution in [3.63, 3.8) is 0 Å². The van der Waals surface area contributed by atoms with Gasteiger partial charge in [-0.3, -0.25) is 9.59 Å². The van der Waals surface area contributed by atoms with Crippen LogP contribution in [0.5, 0.6) is 0 Å². The van der Waals surface area contributed by atoms with Crippen molar-refractivity contribution in [1.82, 2.24) is 34.9 Å². The van der Waals surface area contributed by atoms with Crippen LogP contribution in [0.4, 0.5) is 0 Å². The van der Waals surface area contributed by atoms with Crippen LogP contribution in [0.3, 0.4) is 0 Å². The summed E-state index contributed by atoms with van der Waals surface area (Å²) in [7, 11) is 0. The number of tetrazole rings is 1. The van der Waals surface area contributed by atoms with Crippen LogP contribution in [-0.4, -0.2) is 42.0 Å². The summed E-state index contributed by atoms with van der Waals surface area (Å²) in [4.78, 5) is 36.7. The number of hydrogen-bond acceptors (Lipinski definition) is 7. The maximum Gasteiger partial charge on any atom is 0.369 e. The number of thiophene rings is 1. The number of hydrogen-bond donors (Lipinski definition) is 1. The Morgan fingerprint density at radius 1 is 1.03 bits per heavy atom. The van der Waals surface area contributed by atoms with E-state index in [1.807, 2.05) is 23.6 Å². The molecule has 0 radical (unpaired) electrons. The second-order valence-electron chi connectivity index (χ2n) is 6.21. The molecule has 1 amide bonds. The van der Waals surface area contributed by atoms with Gasteiger partial charge in [0, 0.05) is 18.4 Å². The van der Waals surface area contributed by atoms with Crippen molar-refractivity contribution < 1.29 is 4.79 Å². The van der Waals surface area contributed by atoms with Gasteiger partial charge in [-0.15, -0.1) is 11.3 Å². The van der Waals surface area contributed by atoms with Gasteiger partial charge >= 0.3 is 5.69 Å². The fourth-order valence-corrected chi connectivity index (χ4v) is 3.50. The Morgan fingerprint density at radius 2 is 1.90 bits per heavy atom. The Hall–Kier alpha value is -3.60. The number of carbonyl (C=O) groups is 1. The fourth-order valence-electron chi connectivity index (χ4n) is 2.83. The van der Waals surface area contributed by atoms with Gasteiger partial charge in [-0.25, -0.2) is 9.48 Å². The summed E-state index contributed by atoms with van der Waals surface area (Å²) in [6.07, 6.45) is 1.71. The van der Waals surface area contributed by atoms with Gasteiger partial charge in [0.2, 0.25) is 5.91 Å². The molecule has 0 spiro atoms. The molecule has 10 nitrogen and oxygen atoms in total. The van der Waals surface area contributed by atoms with Crippen LogP contribution in [0.25, 0.3) is 15.8 Å². The van der Waals surface area contributed by atoms with E-state index < -0.39 is 0 Å². The Bertz CT molecular complexity index is 1260. The molecule has 0 unspecified atom stereocenters. The summed E-state index contributed by atoms with van der Waals surface area (Å²) in [6.45, 7) is 0.593. The van der Waals surface area contributed by atoms with Gasteiger partial charge < -0.3 is 5.32 Å². The highest BCUT2D eigenvalue weighted by atomic mass is 32.1. The van der Waals surface area contributed by atoms with Gasteiger partial charge in [0.1, 0.15) is 5.00 Å². The summed E-state index contributed by atoms with van der Waals surface area (Å²) in [5.74, 6) is -0.245. The molecule has 4 rings (SSSR count). The topological polar surface area (TPSA) is 117 Å². The first-order valence-electron chi connectivity index (χ1n) is 8.92. The van der Waals surface area contributed by atoms with Gasteiger partial charge in [-0.2, -0.15) is 14.5 Å². The number of aryl methyl sites for hydroxylation is 1. The number of carbonyl (C=O) groups excluding carboxylic acids is 1. The zero-order chi connectivity index (χ0) is 20.2. The number of nitrogens with one attached hydrogen (secondary N) is 1. The normalized spacial score (nSPS) is 11.0. The summed E-state index contributed by atoms with van der Waals surface area (Å²) < 4.78 is 3.68. The zero-order valence-electron chi connectivity index (χ0n) is 15.3. The minimum Gasteiger partial charge on any atom is -0.354 e. The maximum atomic E-state index is 12.4. The number of aromatic nitrogens is 6. The minimum atomic E-state index is -0.367. The lowest BCUT2D eigenvalue weighted by atomic mass is 10.2. The molecule has 3 aromatic heterocycles. The molecule has 0 bridgehead atoms. The highest BCUT2D eigenvalue weighted by molar-refractivity contribution is 7.12. The lowest BCUT2D eigenvalue weighted by Crippen LogP contribution is -2.33. The molecule has 0 aliphatic carbocycles. The van der Waals surface area contributed by atoms with Crippen molar-refractivity contribution in [1.29, 1.82) is 0 Å². The third kappa shape index (κ3) is 3.99. The van der Waals surface area contributed by atoms with Gasteiger partial charge in [0.25, 0.3) is 5.56 Å². The molecule has 0 atom stereocenters. The van der Waals surface area contributed by atoms with Crippen LogP contribution >= 0.6 is 11.3 Å². The van der Waals surface area contributed by atoms with Crippen LogP contribution < -0.4 is 16.6 Å². The van der Waals surface area contributed by atoms with Crippen molar-refractivity contribution in [3.05, 3.63) is 68.8 Å². The van der Waals surface area contributed by atoms with Gasteiger partial charge in [-0.05, 0) is 34.0 Å². The third-order valence-electron chi connectivity index (χ3n) is 4.31. The third-order valence-corrected chi connectivity index (χ3v) is 5.16. The SMILES string of the molecule is O=C(CCn1ncc2ccccc2c1=O)NCCn1nnn(-c2cccs2)c1=O. The summed E-state index contributed by atoms with van der Waals surface area (Å²) >= 11 is 1.38. The molecule has 0 saturated carbocycles. The monoisotopic (exact) mass is 411 g/mol. The summed E-state index contributed by atoms with van der Waals surface area (Å²) in [6, 6.07) is 10.8. The number of rotatable bonds is 7. The van der Waals surface area contributed by atoms with E-state index in [0.29, 0.717) is 10.4 Å². The van der Waals surface area contributed by atoms with E-state index in [9.17, 15) is 14.4 Å². The molecule has 0 fully saturated rings. The fraction of sp³-hybridized carbons (Fsp3) is 0.222. The van der Waals surface area contributed by atoms with E-state index in [0.717, 1.165) is 5.39 Å². The molecule has 1 N–H and O–H groups in total. The quantitative estimate of drug-likeness (QED) is 0.471. The van der Waals surface area contributed by atoms with E-state index in [1.165, 1.54) is 25.4 Å². The zero-order valence-corrected chi connectivity index (χ0v) is 16.1. The molecule has 148 valence electrons. The molecule has 0 aliphatic heterocycles. The Labute approximate surface area is 168 Å². The van der Waals surface area contributed by atoms with E-state index >= 15 is 0 Å². The molecule has 0 aliphatic rings. The largest absolute Gasteiger partial charge is 0.369 e. The second kappa shape index (κ2) is 8.19. The van der Waals surface area contributed by atoms with Crippen LogP contribution in [0.1, 0.15) is 6.42 Å². The predicted octanol–water partition coefficient (Wildman–Crippen LogP) is 0.407. The Balaban J connectivity index is 1.31. The number of amides is 1. The highest BCUT2D eigenvalue weighted by Gasteiger charge is 2.10. The Kier molecular flexibility index (Phi) is 5.29. The molecule has 1 aromatic carbocycles. The molecule has 0 saturated heterocycles. The Morgan fingerprint density at radius 3 is 2.72 bits per heavy atom. The van der Waals surface area contributed by atoms with Crippen molar-refractivity contribution in [2.24, 2.45) is 0 Å². The molecular weight excluding hydrogens is 394 g/mol. The second-order valence-corrected chi connectivity index (χ2v) is 7.13. The predicted molar refractivity (Wildman–Crippen MR) is 107 cm³/mol. The first kappa shape index (κ1) is 18.7. The van der Waals surface area contributed by atoms with Crippen LogP contribution in [0, 0.1) is 0 Å². The summed E-state index contributed by atoms with van der Waals surface area (Å²) in [5, 5.41) is 18.3.